The van der Waals surface area contributed by atoms with Crippen LogP contribution in [-0.4, -0.2) is 43.8 Å². The van der Waals surface area contributed by atoms with Crippen LogP contribution in [-0.2, 0) is 14.8 Å². The standard InChI is InChI=1S/C22H23N3O4S/c1-29-19-9-3-2-8-18(19)24-22(26)17-11-14-25(15-12-17)30(27,28)20-10-4-6-16-7-5-13-23-21(16)20/h2-10,13,17H,11-12,14-15H2,1H3,(H,24,26). The summed E-state index contributed by atoms with van der Waals surface area (Å²) in [5.41, 5.74) is 1.08. The molecule has 0 saturated carbocycles. The first-order valence-corrected chi connectivity index (χ1v) is 11.2. The molecule has 1 aliphatic heterocycles. The molecule has 0 aliphatic carbocycles. The number of sulfonamides is 1. The molecule has 156 valence electrons. The number of nitrogens with zero attached hydrogens (tertiary/aromatic N) is 2. The van der Waals surface area contributed by atoms with E-state index in [1.165, 1.54) is 4.31 Å². The highest BCUT2D eigenvalue weighted by Crippen LogP contribution is 2.29. The summed E-state index contributed by atoms with van der Waals surface area (Å²) in [6.07, 6.45) is 2.51. The molecule has 1 saturated heterocycles. The quantitative estimate of drug-likeness (QED) is 0.678. The number of aromatic nitrogens is 1. The second-order valence-corrected chi connectivity index (χ2v) is 9.11. The van der Waals surface area contributed by atoms with E-state index in [4.69, 9.17) is 4.74 Å². The molecule has 8 heteroatoms. The first-order chi connectivity index (χ1) is 14.5. The predicted octanol–water partition coefficient (Wildman–Crippen LogP) is 3.28. The van der Waals surface area contributed by atoms with Gasteiger partial charge in [0.1, 0.15) is 10.6 Å². The van der Waals surface area contributed by atoms with E-state index in [9.17, 15) is 13.2 Å². The van der Waals surface area contributed by atoms with Gasteiger partial charge in [-0.1, -0.05) is 30.3 Å². The number of benzene rings is 2. The molecular weight excluding hydrogens is 402 g/mol. The molecule has 1 aliphatic rings. The van der Waals surface area contributed by atoms with Gasteiger partial charge in [-0.05, 0) is 37.1 Å². The van der Waals surface area contributed by atoms with Gasteiger partial charge in [0.25, 0.3) is 0 Å². The maximum absolute atomic E-state index is 13.2. The maximum atomic E-state index is 13.2. The van der Waals surface area contributed by atoms with E-state index in [-0.39, 0.29) is 29.8 Å². The molecule has 2 aromatic carbocycles. The van der Waals surface area contributed by atoms with E-state index in [0.29, 0.717) is 29.8 Å². The minimum atomic E-state index is -3.69. The summed E-state index contributed by atoms with van der Waals surface area (Å²) in [6.45, 7) is 0.575. The third kappa shape index (κ3) is 3.88. The Morgan fingerprint density at radius 2 is 1.80 bits per heavy atom. The Balaban J connectivity index is 1.47. The Morgan fingerprint density at radius 3 is 2.57 bits per heavy atom. The zero-order chi connectivity index (χ0) is 21.1. The van der Waals surface area contributed by atoms with Crippen LogP contribution in [0.2, 0.25) is 0 Å². The molecule has 0 atom stereocenters. The molecular formula is C22H23N3O4S. The number of hydrogen-bond acceptors (Lipinski definition) is 5. The lowest BCUT2D eigenvalue weighted by molar-refractivity contribution is -0.120. The Morgan fingerprint density at radius 1 is 1.07 bits per heavy atom. The monoisotopic (exact) mass is 425 g/mol. The summed E-state index contributed by atoms with van der Waals surface area (Å²) in [5, 5.41) is 3.68. The number of ether oxygens (including phenoxy) is 1. The predicted molar refractivity (Wildman–Crippen MR) is 115 cm³/mol. The molecule has 30 heavy (non-hydrogen) atoms. The Labute approximate surface area is 175 Å². The minimum Gasteiger partial charge on any atom is -0.495 e. The largest absolute Gasteiger partial charge is 0.495 e. The Kier molecular flexibility index (Phi) is 5.69. The zero-order valence-electron chi connectivity index (χ0n) is 16.6. The van der Waals surface area contributed by atoms with Crippen LogP contribution in [0.3, 0.4) is 0 Å². The number of para-hydroxylation sites is 3. The van der Waals surface area contributed by atoms with Crippen molar-refractivity contribution in [1.29, 1.82) is 0 Å². The van der Waals surface area contributed by atoms with Crippen LogP contribution in [0.25, 0.3) is 10.9 Å². The van der Waals surface area contributed by atoms with Crippen molar-refractivity contribution in [2.24, 2.45) is 5.92 Å². The molecule has 0 spiro atoms. The first-order valence-electron chi connectivity index (χ1n) is 9.78. The van der Waals surface area contributed by atoms with Crippen LogP contribution in [0.1, 0.15) is 12.8 Å². The summed E-state index contributed by atoms with van der Waals surface area (Å²) in [7, 11) is -2.14. The van der Waals surface area contributed by atoms with Crippen molar-refractivity contribution in [3.8, 4) is 5.75 Å². The zero-order valence-corrected chi connectivity index (χ0v) is 17.4. The van der Waals surface area contributed by atoms with E-state index in [2.05, 4.69) is 10.3 Å². The molecule has 2 heterocycles. The van der Waals surface area contributed by atoms with Crippen molar-refractivity contribution in [3.05, 3.63) is 60.8 Å². The number of piperidine rings is 1. The molecule has 1 aromatic heterocycles. The molecule has 1 N–H and O–H groups in total. The fourth-order valence-electron chi connectivity index (χ4n) is 3.76. The van der Waals surface area contributed by atoms with Crippen molar-refractivity contribution in [1.82, 2.24) is 9.29 Å². The van der Waals surface area contributed by atoms with Gasteiger partial charge in [0.2, 0.25) is 15.9 Å². The second-order valence-electron chi connectivity index (χ2n) is 7.20. The van der Waals surface area contributed by atoms with E-state index in [1.54, 1.807) is 43.6 Å². The van der Waals surface area contributed by atoms with E-state index < -0.39 is 10.0 Å². The SMILES string of the molecule is COc1ccccc1NC(=O)C1CCN(S(=O)(=O)c2cccc3cccnc23)CC1. The Bertz CT molecular complexity index is 1170. The van der Waals surface area contributed by atoms with Gasteiger partial charge in [0.15, 0.2) is 0 Å². The topological polar surface area (TPSA) is 88.6 Å². The average molecular weight is 426 g/mol. The van der Waals surface area contributed by atoms with Gasteiger partial charge in [0.05, 0.1) is 18.3 Å². The summed E-state index contributed by atoms with van der Waals surface area (Å²) in [5.74, 6) is 0.213. The van der Waals surface area contributed by atoms with Gasteiger partial charge in [-0.15, -0.1) is 0 Å². The maximum Gasteiger partial charge on any atom is 0.245 e. The number of hydrogen-bond donors (Lipinski definition) is 1. The average Bonchev–Trinajstić information content (AvgIpc) is 2.79. The molecule has 4 rings (SSSR count). The van der Waals surface area contributed by atoms with Crippen LogP contribution in [0, 0.1) is 5.92 Å². The number of methoxy groups -OCH3 is 1. The molecule has 7 nitrogen and oxygen atoms in total. The number of carbonyl (C=O) groups excluding carboxylic acids is 1. The molecule has 0 radical (unpaired) electrons. The number of pyridine rings is 1. The van der Waals surface area contributed by atoms with Gasteiger partial charge in [0, 0.05) is 30.6 Å². The minimum absolute atomic E-state index is 0.122. The number of amides is 1. The van der Waals surface area contributed by atoms with Crippen molar-refractivity contribution in [2.45, 2.75) is 17.7 Å². The van der Waals surface area contributed by atoms with E-state index >= 15 is 0 Å². The van der Waals surface area contributed by atoms with E-state index in [0.717, 1.165) is 5.39 Å². The third-order valence-corrected chi connectivity index (χ3v) is 7.33. The lowest BCUT2D eigenvalue weighted by Gasteiger charge is -2.30. The molecule has 0 bridgehead atoms. The summed E-state index contributed by atoms with van der Waals surface area (Å²) in [6, 6.07) is 16.0. The van der Waals surface area contributed by atoms with Crippen LogP contribution in [0.15, 0.2) is 65.7 Å². The number of anilines is 1. The Hall–Kier alpha value is -2.97. The van der Waals surface area contributed by atoms with Crippen molar-refractivity contribution in [2.75, 3.05) is 25.5 Å². The smallest absolute Gasteiger partial charge is 0.245 e. The highest BCUT2D eigenvalue weighted by atomic mass is 32.2. The first kappa shape index (κ1) is 20.3. The number of carbonyl (C=O) groups is 1. The molecule has 1 amide bonds. The van der Waals surface area contributed by atoms with Crippen LogP contribution >= 0.6 is 0 Å². The van der Waals surface area contributed by atoms with Gasteiger partial charge in [-0.3, -0.25) is 9.78 Å². The number of fused-ring (bicyclic) bond motifs is 1. The fraction of sp³-hybridized carbons (Fsp3) is 0.273. The normalized spacial score (nSPS) is 15.8. The van der Waals surface area contributed by atoms with Gasteiger partial charge in [-0.25, -0.2) is 8.42 Å². The van der Waals surface area contributed by atoms with E-state index in [1.807, 2.05) is 24.3 Å². The van der Waals surface area contributed by atoms with Gasteiger partial charge in [-0.2, -0.15) is 4.31 Å². The van der Waals surface area contributed by atoms with Crippen molar-refractivity contribution >= 4 is 32.5 Å². The van der Waals surface area contributed by atoms with Crippen molar-refractivity contribution in [3.63, 3.8) is 0 Å². The third-order valence-electron chi connectivity index (χ3n) is 5.40. The summed E-state index contributed by atoms with van der Waals surface area (Å²) < 4.78 is 33.2. The molecule has 3 aromatic rings. The second kappa shape index (κ2) is 8.41. The van der Waals surface area contributed by atoms with Gasteiger partial charge >= 0.3 is 0 Å². The van der Waals surface area contributed by atoms with Crippen molar-refractivity contribution < 1.29 is 17.9 Å². The van der Waals surface area contributed by atoms with Crippen LogP contribution < -0.4 is 10.1 Å². The molecule has 1 fully saturated rings. The van der Waals surface area contributed by atoms with Crippen LogP contribution in [0.4, 0.5) is 5.69 Å². The number of nitrogens with one attached hydrogen (secondary N) is 1. The number of rotatable bonds is 5. The van der Waals surface area contributed by atoms with Crippen LogP contribution in [0.5, 0.6) is 5.75 Å². The highest BCUT2D eigenvalue weighted by Gasteiger charge is 2.33. The van der Waals surface area contributed by atoms with Gasteiger partial charge < -0.3 is 10.1 Å². The lowest BCUT2D eigenvalue weighted by atomic mass is 9.97. The fourth-order valence-corrected chi connectivity index (χ4v) is 5.40. The summed E-state index contributed by atoms with van der Waals surface area (Å²) in [4.78, 5) is 17.2. The lowest BCUT2D eigenvalue weighted by Crippen LogP contribution is -2.41. The molecule has 0 unspecified atom stereocenters. The highest BCUT2D eigenvalue weighted by molar-refractivity contribution is 7.89. The summed E-state index contributed by atoms with van der Waals surface area (Å²) >= 11 is 0.